The summed E-state index contributed by atoms with van der Waals surface area (Å²) in [5, 5.41) is 3.02. The van der Waals surface area contributed by atoms with Crippen molar-refractivity contribution in [3.05, 3.63) is 6.20 Å². The van der Waals surface area contributed by atoms with Crippen molar-refractivity contribution in [2.24, 2.45) is 0 Å². The molecule has 7 heteroatoms. The maximum absolute atomic E-state index is 12.0. The number of anilines is 2. The third kappa shape index (κ3) is 3.82. The minimum atomic E-state index is -0.835. The molecule has 2 radical (unpaired) electrons. The molecule has 2 rings (SSSR count). The summed E-state index contributed by atoms with van der Waals surface area (Å²) in [6.45, 7) is 7.97. The topological polar surface area (TPSA) is 67.3 Å². The molecule has 108 valence electrons. The Morgan fingerprint density at radius 2 is 2.25 bits per heavy atom. The second-order valence-electron chi connectivity index (χ2n) is 5.69. The van der Waals surface area contributed by atoms with Crippen LogP contribution in [0.1, 0.15) is 20.8 Å². The summed E-state index contributed by atoms with van der Waals surface area (Å²) in [4.78, 5) is 22.8. The Bertz CT molecular complexity index is 502. The molecule has 0 aliphatic carbocycles. The van der Waals surface area contributed by atoms with Gasteiger partial charge >= 0.3 is 129 Å². The minimum absolute atomic E-state index is 0.0159. The second kappa shape index (κ2) is 6.26. The Labute approximate surface area is 129 Å². The predicted molar refractivity (Wildman–Crippen MR) is 79.9 cm³/mol. The summed E-state index contributed by atoms with van der Waals surface area (Å²) in [5.74, 6) is 1.36. The normalized spacial score (nSPS) is 15.0. The standard InChI is InChI=1S/C9H11N4O2.C4H9.Sn/c1-15-5-4-13-7(14)6-12-8-9(13)11-3-2-10-8;1-4(2)3;/h2H,4-6H2,1H3,(H,10,12);1-3H3;. The first-order chi connectivity index (χ1) is 9.40. The molecule has 1 aromatic heterocycles. The van der Waals surface area contributed by atoms with Gasteiger partial charge in [0.25, 0.3) is 0 Å². The number of nitrogens with zero attached hydrogens (tertiary/aromatic N) is 3. The third-order valence-electron chi connectivity index (χ3n) is 2.74. The van der Waals surface area contributed by atoms with Gasteiger partial charge in [0.15, 0.2) is 0 Å². The van der Waals surface area contributed by atoms with Crippen LogP contribution in [0.3, 0.4) is 0 Å². The quantitative estimate of drug-likeness (QED) is 0.765. The van der Waals surface area contributed by atoms with Crippen LogP contribution in [0.2, 0.25) is 3.43 Å². The van der Waals surface area contributed by atoms with Gasteiger partial charge in [-0.05, 0) is 0 Å². The molecule has 1 aliphatic heterocycles. The number of nitrogens with one attached hydrogen (secondary N) is 1. The van der Waals surface area contributed by atoms with Gasteiger partial charge < -0.3 is 0 Å². The molecule has 1 aromatic rings. The fourth-order valence-electron chi connectivity index (χ4n) is 1.92. The number of ether oxygens (including phenoxy) is 1. The van der Waals surface area contributed by atoms with E-state index >= 15 is 0 Å². The zero-order valence-corrected chi connectivity index (χ0v) is 15.2. The van der Waals surface area contributed by atoms with Gasteiger partial charge in [0, 0.05) is 0 Å². The number of carbonyl (C=O) groups is 1. The molecular formula is C13H20N4O2Sn. The molecule has 0 fully saturated rings. The van der Waals surface area contributed by atoms with Gasteiger partial charge in [-0.15, -0.1) is 0 Å². The Hall–Kier alpha value is -0.891. The molecule has 1 aliphatic rings. The summed E-state index contributed by atoms with van der Waals surface area (Å²) >= 11 is -0.835. The molecule has 1 amide bonds. The second-order valence-corrected chi connectivity index (χ2v) is 12.2. The molecule has 1 N–H and O–H groups in total. The SMILES string of the molecule is COCCN1C(=O)CNc2nc[c]([Sn][C](C)(C)C)nc21. The van der Waals surface area contributed by atoms with Crippen LogP contribution in [0.25, 0.3) is 0 Å². The monoisotopic (exact) mass is 384 g/mol. The number of amides is 1. The summed E-state index contributed by atoms with van der Waals surface area (Å²) < 4.78 is 6.44. The fraction of sp³-hybridized carbons (Fsp3) is 0.615. The van der Waals surface area contributed by atoms with E-state index in [4.69, 9.17) is 4.74 Å². The Morgan fingerprint density at radius 3 is 2.90 bits per heavy atom. The first kappa shape index (κ1) is 15.5. The van der Waals surface area contributed by atoms with Crippen molar-refractivity contribution in [3.8, 4) is 0 Å². The van der Waals surface area contributed by atoms with Crippen LogP contribution in [-0.2, 0) is 9.53 Å². The summed E-state index contributed by atoms with van der Waals surface area (Å²) in [6.07, 6.45) is 1.85. The number of fused-ring (bicyclic) bond motifs is 1. The average Bonchev–Trinajstić information content (AvgIpc) is 2.36. The zero-order valence-electron chi connectivity index (χ0n) is 12.4. The van der Waals surface area contributed by atoms with Crippen LogP contribution in [0.15, 0.2) is 6.20 Å². The van der Waals surface area contributed by atoms with Crippen LogP contribution in [-0.4, -0.2) is 63.8 Å². The summed E-state index contributed by atoms with van der Waals surface area (Å²) in [7, 11) is 1.63. The zero-order chi connectivity index (χ0) is 14.8. The molecule has 0 bridgehead atoms. The Morgan fingerprint density at radius 1 is 1.50 bits per heavy atom. The van der Waals surface area contributed by atoms with E-state index in [1.165, 1.54) is 0 Å². The van der Waals surface area contributed by atoms with Crippen molar-refractivity contribution in [1.29, 1.82) is 0 Å². The average molecular weight is 383 g/mol. The van der Waals surface area contributed by atoms with Gasteiger partial charge in [-0.1, -0.05) is 0 Å². The van der Waals surface area contributed by atoms with E-state index in [9.17, 15) is 4.79 Å². The Kier molecular flexibility index (Phi) is 4.85. The number of carbonyl (C=O) groups excluding carboxylic acids is 1. The molecule has 20 heavy (non-hydrogen) atoms. The molecule has 0 atom stereocenters. The number of hydrogen-bond acceptors (Lipinski definition) is 5. The molecule has 0 saturated carbocycles. The molecule has 0 saturated heterocycles. The van der Waals surface area contributed by atoms with E-state index in [-0.39, 0.29) is 12.5 Å². The van der Waals surface area contributed by atoms with E-state index < -0.39 is 21.1 Å². The predicted octanol–water partition coefficient (Wildman–Crippen LogP) is 0.429. The number of methoxy groups -OCH3 is 1. The maximum atomic E-state index is 12.0. The Balaban J connectivity index is 2.28. The van der Waals surface area contributed by atoms with Gasteiger partial charge in [0.2, 0.25) is 0 Å². The van der Waals surface area contributed by atoms with E-state index in [2.05, 4.69) is 36.1 Å². The van der Waals surface area contributed by atoms with Crippen LogP contribution >= 0.6 is 0 Å². The van der Waals surface area contributed by atoms with Gasteiger partial charge in [0.05, 0.1) is 0 Å². The van der Waals surface area contributed by atoms with E-state index in [1.54, 1.807) is 12.0 Å². The van der Waals surface area contributed by atoms with Crippen molar-refractivity contribution in [2.45, 2.75) is 24.2 Å². The van der Waals surface area contributed by atoms with Crippen molar-refractivity contribution >= 4 is 42.4 Å². The van der Waals surface area contributed by atoms with E-state index in [0.29, 0.717) is 28.2 Å². The third-order valence-corrected chi connectivity index (χ3v) is 6.30. The first-order valence-electron chi connectivity index (χ1n) is 6.59. The van der Waals surface area contributed by atoms with E-state index in [0.717, 1.165) is 3.71 Å². The summed E-state index contributed by atoms with van der Waals surface area (Å²) in [6, 6.07) is 0. The van der Waals surface area contributed by atoms with Crippen molar-refractivity contribution in [2.75, 3.05) is 37.0 Å². The number of aromatic nitrogens is 2. The molecule has 0 unspecified atom stereocenters. The van der Waals surface area contributed by atoms with Crippen molar-refractivity contribution in [1.82, 2.24) is 9.97 Å². The van der Waals surface area contributed by atoms with Crippen LogP contribution < -0.4 is 13.9 Å². The number of rotatable bonds is 4. The van der Waals surface area contributed by atoms with Gasteiger partial charge in [-0.2, -0.15) is 0 Å². The molecule has 0 spiro atoms. The molecule has 2 heterocycles. The number of hydrogen-bond donors (Lipinski definition) is 1. The van der Waals surface area contributed by atoms with Crippen LogP contribution in [0.4, 0.5) is 11.6 Å². The van der Waals surface area contributed by atoms with E-state index in [1.807, 2.05) is 6.20 Å². The molecule has 0 aromatic carbocycles. The fourth-order valence-corrected chi connectivity index (χ4v) is 4.95. The molecular weight excluding hydrogens is 363 g/mol. The first-order valence-corrected chi connectivity index (χ1v) is 9.44. The van der Waals surface area contributed by atoms with Crippen LogP contribution in [0.5, 0.6) is 0 Å². The van der Waals surface area contributed by atoms with Crippen molar-refractivity contribution < 1.29 is 9.53 Å². The van der Waals surface area contributed by atoms with Gasteiger partial charge in [0.1, 0.15) is 0 Å². The van der Waals surface area contributed by atoms with Crippen molar-refractivity contribution in [3.63, 3.8) is 0 Å². The van der Waals surface area contributed by atoms with Gasteiger partial charge in [-0.25, -0.2) is 0 Å². The molecule has 6 nitrogen and oxygen atoms in total. The van der Waals surface area contributed by atoms with Crippen LogP contribution in [0, 0.1) is 0 Å². The van der Waals surface area contributed by atoms with Gasteiger partial charge in [-0.3, -0.25) is 0 Å². The summed E-state index contributed by atoms with van der Waals surface area (Å²) in [5.41, 5.74) is 0.